The third kappa shape index (κ3) is 3.29. The van der Waals surface area contributed by atoms with Gasteiger partial charge in [-0.1, -0.05) is 19.3 Å². The maximum Gasteiger partial charge on any atom is 0.180 e. The van der Waals surface area contributed by atoms with E-state index >= 15 is 0 Å². The summed E-state index contributed by atoms with van der Waals surface area (Å²) in [6.45, 7) is 3.56. The lowest BCUT2D eigenvalue weighted by atomic mass is 9.69. The van der Waals surface area contributed by atoms with Gasteiger partial charge in [0.2, 0.25) is 0 Å². The summed E-state index contributed by atoms with van der Waals surface area (Å²) in [6.07, 6.45) is 13.5. The van der Waals surface area contributed by atoms with E-state index in [1.807, 2.05) is 6.20 Å². The smallest absolute Gasteiger partial charge is 0.180 e. The van der Waals surface area contributed by atoms with Crippen molar-refractivity contribution in [3.8, 4) is 0 Å². The van der Waals surface area contributed by atoms with Crippen molar-refractivity contribution in [2.75, 3.05) is 18.8 Å². The van der Waals surface area contributed by atoms with Gasteiger partial charge in [0.25, 0.3) is 0 Å². The monoisotopic (exact) mass is 279 g/mol. The molecule has 2 heterocycles. The molecule has 3 nitrogen and oxygen atoms in total. The van der Waals surface area contributed by atoms with Gasteiger partial charge in [0.15, 0.2) is 5.13 Å². The zero-order valence-corrected chi connectivity index (χ0v) is 12.6. The number of thiazole rings is 1. The number of nitrogen functional groups attached to an aromatic ring is 1. The summed E-state index contributed by atoms with van der Waals surface area (Å²) in [7, 11) is 0. The molecular weight excluding hydrogens is 254 g/mol. The van der Waals surface area contributed by atoms with Crippen LogP contribution >= 0.6 is 11.3 Å². The number of anilines is 1. The van der Waals surface area contributed by atoms with Crippen LogP contribution in [0.1, 0.15) is 56.2 Å². The lowest BCUT2D eigenvalue weighted by Gasteiger charge is -2.36. The van der Waals surface area contributed by atoms with Crippen molar-refractivity contribution >= 4 is 16.5 Å². The molecule has 106 valence electrons. The van der Waals surface area contributed by atoms with E-state index in [1.54, 1.807) is 11.3 Å². The first-order chi connectivity index (χ1) is 9.26. The van der Waals surface area contributed by atoms with Crippen LogP contribution < -0.4 is 5.73 Å². The predicted octanol–water partition coefficient (Wildman–Crippen LogP) is 3.66. The number of hydrogen-bond donors (Lipinski definition) is 1. The molecule has 19 heavy (non-hydrogen) atoms. The van der Waals surface area contributed by atoms with Crippen molar-refractivity contribution in [1.82, 2.24) is 9.88 Å². The summed E-state index contributed by atoms with van der Waals surface area (Å²) in [5.41, 5.74) is 6.41. The summed E-state index contributed by atoms with van der Waals surface area (Å²) in [5.74, 6) is 0. The third-order valence-electron chi connectivity index (χ3n) is 5.00. The highest BCUT2D eigenvalue weighted by atomic mass is 32.1. The van der Waals surface area contributed by atoms with Gasteiger partial charge in [-0.2, -0.15) is 0 Å². The Balaban J connectivity index is 1.58. The average molecular weight is 279 g/mol. The number of nitrogens with two attached hydrogens (primary N) is 1. The van der Waals surface area contributed by atoms with E-state index in [0.717, 1.165) is 6.54 Å². The maximum absolute atomic E-state index is 5.72. The highest BCUT2D eigenvalue weighted by molar-refractivity contribution is 7.15. The first-order valence-corrected chi connectivity index (χ1v) is 8.50. The van der Waals surface area contributed by atoms with Gasteiger partial charge < -0.3 is 5.73 Å². The Hall–Kier alpha value is -0.610. The summed E-state index contributed by atoms with van der Waals surface area (Å²) >= 11 is 1.64. The summed E-state index contributed by atoms with van der Waals surface area (Å²) in [4.78, 5) is 8.08. The molecule has 0 bridgehead atoms. The second kappa shape index (κ2) is 5.80. The molecule has 2 aliphatic rings. The Bertz CT molecular complexity index is 409. The normalized spacial score (nSPS) is 24.4. The second-order valence-corrected chi connectivity index (χ2v) is 7.50. The van der Waals surface area contributed by atoms with E-state index in [2.05, 4.69) is 9.88 Å². The van der Waals surface area contributed by atoms with Crippen molar-refractivity contribution in [3.63, 3.8) is 0 Å². The van der Waals surface area contributed by atoms with Crippen LogP contribution in [-0.4, -0.2) is 23.0 Å². The fourth-order valence-electron chi connectivity index (χ4n) is 3.89. The molecule has 1 aromatic heterocycles. The van der Waals surface area contributed by atoms with Crippen LogP contribution in [0, 0.1) is 5.41 Å². The van der Waals surface area contributed by atoms with Crippen molar-refractivity contribution in [2.45, 2.75) is 57.9 Å². The fraction of sp³-hybridized carbons (Fsp3) is 0.800. The molecule has 1 saturated carbocycles. The Kier molecular flexibility index (Phi) is 4.08. The molecule has 1 aromatic rings. The molecule has 1 saturated heterocycles. The molecule has 1 spiro atoms. The van der Waals surface area contributed by atoms with Crippen LogP contribution in [0.25, 0.3) is 0 Å². The summed E-state index contributed by atoms with van der Waals surface area (Å²) in [6, 6.07) is 0. The molecule has 1 aliphatic heterocycles. The third-order valence-corrected chi connectivity index (χ3v) is 5.82. The second-order valence-electron chi connectivity index (χ2n) is 6.36. The minimum absolute atomic E-state index is 0.694. The molecule has 2 N–H and O–H groups in total. The van der Waals surface area contributed by atoms with E-state index in [0.29, 0.717) is 10.5 Å². The zero-order valence-electron chi connectivity index (χ0n) is 11.7. The van der Waals surface area contributed by atoms with Crippen LogP contribution in [0.5, 0.6) is 0 Å². The predicted molar refractivity (Wildman–Crippen MR) is 81.2 cm³/mol. The first-order valence-electron chi connectivity index (χ1n) is 7.68. The largest absolute Gasteiger partial charge is 0.375 e. The van der Waals surface area contributed by atoms with Crippen LogP contribution in [0.2, 0.25) is 0 Å². The highest BCUT2D eigenvalue weighted by Crippen LogP contribution is 2.44. The first kappa shape index (κ1) is 13.4. The lowest BCUT2D eigenvalue weighted by Crippen LogP contribution is -2.27. The molecule has 0 radical (unpaired) electrons. The fourth-order valence-corrected chi connectivity index (χ4v) is 4.61. The minimum atomic E-state index is 0.694. The van der Waals surface area contributed by atoms with Gasteiger partial charge in [-0.25, -0.2) is 4.98 Å². The molecule has 4 heteroatoms. The molecule has 1 aliphatic carbocycles. The van der Waals surface area contributed by atoms with Gasteiger partial charge in [0.1, 0.15) is 0 Å². The molecule has 0 aromatic carbocycles. The van der Waals surface area contributed by atoms with E-state index in [-0.39, 0.29) is 0 Å². The standard InChI is InChI=1S/C15H25N3S/c16-14-17-11-13(19-14)12-18-9-4-7-15(8-10-18)5-2-1-3-6-15/h11H,1-10,12H2,(H2,16,17). The number of aromatic nitrogens is 1. The number of likely N-dealkylation sites (tertiary alicyclic amines) is 1. The van der Waals surface area contributed by atoms with Gasteiger partial charge in [-0.15, -0.1) is 11.3 Å². The number of hydrogen-bond acceptors (Lipinski definition) is 4. The lowest BCUT2D eigenvalue weighted by molar-refractivity contribution is 0.157. The Labute approximate surface area is 120 Å². The Morgan fingerprint density at radius 3 is 2.63 bits per heavy atom. The minimum Gasteiger partial charge on any atom is -0.375 e. The Morgan fingerprint density at radius 1 is 1.11 bits per heavy atom. The average Bonchev–Trinajstić information content (AvgIpc) is 2.73. The van der Waals surface area contributed by atoms with E-state index in [9.17, 15) is 0 Å². The van der Waals surface area contributed by atoms with Crippen molar-refractivity contribution in [3.05, 3.63) is 11.1 Å². The van der Waals surface area contributed by atoms with Crippen LogP contribution in [0.15, 0.2) is 6.20 Å². The van der Waals surface area contributed by atoms with Crippen molar-refractivity contribution < 1.29 is 0 Å². The molecule has 0 amide bonds. The van der Waals surface area contributed by atoms with Gasteiger partial charge in [-0.3, -0.25) is 4.90 Å². The molecule has 3 rings (SSSR count). The number of nitrogens with zero attached hydrogens (tertiary/aromatic N) is 2. The summed E-state index contributed by atoms with van der Waals surface area (Å²) < 4.78 is 0. The molecule has 0 atom stereocenters. The van der Waals surface area contributed by atoms with E-state index < -0.39 is 0 Å². The zero-order chi connectivity index (χ0) is 13.1. The van der Waals surface area contributed by atoms with Crippen LogP contribution in [-0.2, 0) is 6.54 Å². The van der Waals surface area contributed by atoms with E-state index in [4.69, 9.17) is 5.73 Å². The van der Waals surface area contributed by atoms with Gasteiger partial charge in [0, 0.05) is 17.6 Å². The molecule has 0 unspecified atom stereocenters. The van der Waals surface area contributed by atoms with Gasteiger partial charge >= 0.3 is 0 Å². The SMILES string of the molecule is Nc1ncc(CN2CCCC3(CCCCC3)CC2)s1. The van der Waals surface area contributed by atoms with Crippen molar-refractivity contribution in [1.29, 1.82) is 0 Å². The van der Waals surface area contributed by atoms with E-state index in [1.165, 1.54) is 69.3 Å². The quantitative estimate of drug-likeness (QED) is 0.898. The topological polar surface area (TPSA) is 42.1 Å². The highest BCUT2D eigenvalue weighted by Gasteiger charge is 2.33. The van der Waals surface area contributed by atoms with Gasteiger partial charge in [-0.05, 0) is 50.6 Å². The van der Waals surface area contributed by atoms with Gasteiger partial charge in [0.05, 0.1) is 0 Å². The molecular formula is C15H25N3S. The Morgan fingerprint density at radius 2 is 1.89 bits per heavy atom. The van der Waals surface area contributed by atoms with Crippen LogP contribution in [0.4, 0.5) is 5.13 Å². The van der Waals surface area contributed by atoms with Crippen LogP contribution in [0.3, 0.4) is 0 Å². The molecule has 2 fully saturated rings. The summed E-state index contributed by atoms with van der Waals surface area (Å²) in [5, 5.41) is 0.702. The van der Waals surface area contributed by atoms with Crippen molar-refractivity contribution in [2.24, 2.45) is 5.41 Å². The maximum atomic E-state index is 5.72. The number of rotatable bonds is 2.